The Hall–Kier alpha value is -2.83. The third kappa shape index (κ3) is 4.67. The maximum Gasteiger partial charge on any atom is 0.337 e. The molecule has 2 aromatic rings. The summed E-state index contributed by atoms with van der Waals surface area (Å²) >= 11 is 0. The van der Waals surface area contributed by atoms with Gasteiger partial charge in [-0.05, 0) is 44.4 Å². The molecular weight excluding hydrogens is 344 g/mol. The summed E-state index contributed by atoms with van der Waals surface area (Å²) in [4.78, 5) is 21.1. The van der Waals surface area contributed by atoms with E-state index in [9.17, 15) is 4.79 Å². The number of carbonyl (C=O) groups is 1. The number of rotatable bonds is 8. The van der Waals surface area contributed by atoms with Crippen molar-refractivity contribution >= 4 is 23.4 Å². The number of methoxy groups -OCH3 is 2. The summed E-state index contributed by atoms with van der Waals surface area (Å²) < 4.78 is 10.2. The molecule has 0 radical (unpaired) electrons. The van der Waals surface area contributed by atoms with Crippen molar-refractivity contribution in [2.24, 2.45) is 0 Å². The number of nitrogens with zero attached hydrogens (tertiary/aromatic N) is 2. The van der Waals surface area contributed by atoms with Gasteiger partial charge in [0.25, 0.3) is 0 Å². The molecule has 1 aromatic carbocycles. The van der Waals surface area contributed by atoms with Crippen molar-refractivity contribution in [1.82, 2.24) is 9.97 Å². The van der Waals surface area contributed by atoms with Crippen LogP contribution >= 0.6 is 0 Å². The van der Waals surface area contributed by atoms with E-state index in [1.807, 2.05) is 6.07 Å². The van der Waals surface area contributed by atoms with Gasteiger partial charge in [-0.3, -0.25) is 0 Å². The van der Waals surface area contributed by atoms with Gasteiger partial charge in [0.15, 0.2) is 0 Å². The largest absolute Gasteiger partial charge is 0.495 e. The molecule has 1 aromatic heterocycles. The molecule has 1 heterocycles. The van der Waals surface area contributed by atoms with Crippen LogP contribution in [0.25, 0.3) is 0 Å². The molecule has 0 spiro atoms. The molecule has 7 nitrogen and oxygen atoms in total. The van der Waals surface area contributed by atoms with Crippen LogP contribution in [0.4, 0.5) is 17.5 Å². The Morgan fingerprint density at radius 3 is 2.67 bits per heavy atom. The van der Waals surface area contributed by atoms with Crippen molar-refractivity contribution in [3.05, 3.63) is 35.5 Å². The second kappa shape index (κ2) is 8.24. The SMILES string of the molecule is CC[C@@H](C)Nc1nc(Nc2cc(C(=O)OC)ccc2OC)cc(C2CC2)n1. The molecule has 0 saturated heterocycles. The molecule has 7 heteroatoms. The van der Waals surface area contributed by atoms with E-state index in [4.69, 9.17) is 9.47 Å². The average Bonchev–Trinajstić information content (AvgIpc) is 3.52. The summed E-state index contributed by atoms with van der Waals surface area (Å²) in [7, 11) is 2.95. The Kier molecular flexibility index (Phi) is 5.78. The topological polar surface area (TPSA) is 85.4 Å². The predicted octanol–water partition coefficient (Wildman–Crippen LogP) is 4.10. The van der Waals surface area contributed by atoms with Gasteiger partial charge in [-0.1, -0.05) is 6.92 Å². The molecule has 1 saturated carbocycles. The van der Waals surface area contributed by atoms with Gasteiger partial charge in [-0.2, -0.15) is 4.98 Å². The predicted molar refractivity (Wildman–Crippen MR) is 105 cm³/mol. The number of ether oxygens (including phenoxy) is 2. The lowest BCUT2D eigenvalue weighted by Crippen LogP contribution is -2.16. The molecule has 27 heavy (non-hydrogen) atoms. The highest BCUT2D eigenvalue weighted by atomic mass is 16.5. The van der Waals surface area contributed by atoms with Crippen LogP contribution < -0.4 is 15.4 Å². The molecule has 0 bridgehead atoms. The molecule has 3 rings (SSSR count). The number of aromatic nitrogens is 2. The first-order valence-electron chi connectivity index (χ1n) is 9.23. The van der Waals surface area contributed by atoms with E-state index in [0.717, 1.165) is 25.0 Å². The molecule has 0 aliphatic heterocycles. The Balaban J connectivity index is 1.93. The van der Waals surface area contributed by atoms with Crippen LogP contribution in [-0.4, -0.2) is 36.2 Å². The summed E-state index contributed by atoms with van der Waals surface area (Å²) in [5.74, 6) is 1.98. The molecule has 0 unspecified atom stereocenters. The lowest BCUT2D eigenvalue weighted by molar-refractivity contribution is 0.0600. The lowest BCUT2D eigenvalue weighted by atomic mass is 10.2. The van der Waals surface area contributed by atoms with Crippen molar-refractivity contribution in [3.63, 3.8) is 0 Å². The van der Waals surface area contributed by atoms with Gasteiger partial charge in [0, 0.05) is 18.0 Å². The van der Waals surface area contributed by atoms with Crippen LogP contribution in [0.15, 0.2) is 24.3 Å². The quantitative estimate of drug-likeness (QED) is 0.677. The first-order chi connectivity index (χ1) is 13.0. The highest BCUT2D eigenvalue weighted by molar-refractivity contribution is 5.91. The van der Waals surface area contributed by atoms with Crippen LogP contribution in [0.1, 0.15) is 55.1 Å². The van der Waals surface area contributed by atoms with E-state index >= 15 is 0 Å². The smallest absolute Gasteiger partial charge is 0.337 e. The van der Waals surface area contributed by atoms with Crippen LogP contribution in [0, 0.1) is 0 Å². The van der Waals surface area contributed by atoms with Gasteiger partial charge < -0.3 is 20.1 Å². The first-order valence-corrected chi connectivity index (χ1v) is 9.23. The minimum atomic E-state index is -0.402. The summed E-state index contributed by atoms with van der Waals surface area (Å²) in [6, 6.07) is 7.34. The number of hydrogen-bond donors (Lipinski definition) is 2. The maximum absolute atomic E-state index is 11.9. The second-order valence-electron chi connectivity index (χ2n) is 6.76. The number of benzene rings is 1. The second-order valence-corrected chi connectivity index (χ2v) is 6.76. The number of esters is 1. The fourth-order valence-corrected chi connectivity index (χ4v) is 2.69. The van der Waals surface area contributed by atoms with E-state index in [1.165, 1.54) is 7.11 Å². The zero-order chi connectivity index (χ0) is 19.4. The Morgan fingerprint density at radius 1 is 1.26 bits per heavy atom. The van der Waals surface area contributed by atoms with E-state index in [2.05, 4.69) is 34.4 Å². The number of nitrogens with one attached hydrogen (secondary N) is 2. The highest BCUT2D eigenvalue weighted by Gasteiger charge is 2.26. The number of hydrogen-bond acceptors (Lipinski definition) is 7. The van der Waals surface area contributed by atoms with Crippen LogP contribution in [0.2, 0.25) is 0 Å². The van der Waals surface area contributed by atoms with Crippen molar-refractivity contribution < 1.29 is 14.3 Å². The van der Waals surface area contributed by atoms with Gasteiger partial charge >= 0.3 is 5.97 Å². The third-order valence-corrected chi connectivity index (χ3v) is 4.61. The van der Waals surface area contributed by atoms with E-state index in [0.29, 0.717) is 34.7 Å². The molecule has 1 aliphatic rings. The van der Waals surface area contributed by atoms with Gasteiger partial charge in [0.05, 0.1) is 31.2 Å². The third-order valence-electron chi connectivity index (χ3n) is 4.61. The van der Waals surface area contributed by atoms with Crippen LogP contribution in [0.3, 0.4) is 0 Å². The molecule has 1 atom stereocenters. The van der Waals surface area contributed by atoms with Crippen molar-refractivity contribution in [1.29, 1.82) is 0 Å². The van der Waals surface area contributed by atoms with Crippen LogP contribution in [-0.2, 0) is 4.74 Å². The van der Waals surface area contributed by atoms with Gasteiger partial charge in [0.2, 0.25) is 5.95 Å². The van der Waals surface area contributed by atoms with Crippen molar-refractivity contribution in [3.8, 4) is 5.75 Å². The molecule has 0 amide bonds. The summed E-state index contributed by atoms with van der Waals surface area (Å²) in [6.07, 6.45) is 3.29. The van der Waals surface area contributed by atoms with Gasteiger partial charge in [-0.25, -0.2) is 9.78 Å². The van der Waals surface area contributed by atoms with Crippen molar-refractivity contribution in [2.45, 2.75) is 45.1 Å². The van der Waals surface area contributed by atoms with E-state index in [-0.39, 0.29) is 6.04 Å². The lowest BCUT2D eigenvalue weighted by Gasteiger charge is -2.16. The Morgan fingerprint density at radius 2 is 2.04 bits per heavy atom. The molecule has 1 fully saturated rings. The van der Waals surface area contributed by atoms with Crippen LogP contribution in [0.5, 0.6) is 5.75 Å². The summed E-state index contributed by atoms with van der Waals surface area (Å²) in [5, 5.41) is 6.61. The summed E-state index contributed by atoms with van der Waals surface area (Å²) in [6.45, 7) is 4.22. The zero-order valence-electron chi connectivity index (χ0n) is 16.2. The summed E-state index contributed by atoms with van der Waals surface area (Å²) in [5.41, 5.74) is 2.12. The molecule has 1 aliphatic carbocycles. The van der Waals surface area contributed by atoms with Crippen molar-refractivity contribution in [2.75, 3.05) is 24.9 Å². The van der Waals surface area contributed by atoms with Gasteiger partial charge in [-0.15, -0.1) is 0 Å². The Labute approximate surface area is 159 Å². The Bertz CT molecular complexity index is 821. The number of carbonyl (C=O) groups excluding carboxylic acids is 1. The number of anilines is 3. The van der Waals surface area contributed by atoms with E-state index < -0.39 is 5.97 Å². The molecular formula is C20H26N4O3. The van der Waals surface area contributed by atoms with Gasteiger partial charge in [0.1, 0.15) is 11.6 Å². The molecule has 144 valence electrons. The fraction of sp³-hybridized carbons (Fsp3) is 0.450. The average molecular weight is 370 g/mol. The standard InChI is InChI=1S/C20H26N4O3/c1-5-12(2)21-20-23-15(13-6-7-13)11-18(24-20)22-16-10-14(19(25)27-4)8-9-17(16)26-3/h8-13H,5-7H2,1-4H3,(H2,21,22,23,24)/t12-/m1/s1. The highest BCUT2D eigenvalue weighted by Crippen LogP contribution is 2.40. The first kappa shape index (κ1) is 18.9. The molecule has 2 N–H and O–H groups in total. The minimum absolute atomic E-state index is 0.282. The van der Waals surface area contributed by atoms with E-state index in [1.54, 1.807) is 25.3 Å². The minimum Gasteiger partial charge on any atom is -0.495 e. The fourth-order valence-electron chi connectivity index (χ4n) is 2.69. The monoisotopic (exact) mass is 370 g/mol. The zero-order valence-corrected chi connectivity index (χ0v) is 16.2. The normalized spacial score (nSPS) is 14.4. The maximum atomic E-state index is 11.9.